The van der Waals surface area contributed by atoms with Crippen LogP contribution in [0.25, 0.3) is 10.9 Å². The molecule has 2 N–H and O–H groups in total. The molecule has 2 heterocycles. The zero-order valence-electron chi connectivity index (χ0n) is 14.8. The summed E-state index contributed by atoms with van der Waals surface area (Å²) in [7, 11) is 2.18. The third-order valence-corrected chi connectivity index (χ3v) is 7.34. The lowest BCUT2D eigenvalue weighted by atomic mass is 9.71. The fourth-order valence-electron chi connectivity index (χ4n) is 5.41. The first-order valence-corrected chi connectivity index (χ1v) is 10.2. The number of nitrogens with zero attached hydrogens (tertiary/aromatic N) is 1. The quantitative estimate of drug-likeness (QED) is 0.789. The molecule has 3 aliphatic rings. The number of piperidine rings is 1. The number of hydrogen-bond donors (Lipinski definition) is 2. The van der Waals surface area contributed by atoms with Crippen LogP contribution in [0.3, 0.4) is 0 Å². The number of aliphatic hydroxyl groups excluding tert-OH is 1. The molecule has 1 aromatic heterocycles. The van der Waals surface area contributed by atoms with Crippen LogP contribution >= 0.6 is 15.9 Å². The Morgan fingerprint density at radius 2 is 2.19 bits per heavy atom. The SMILES string of the molecule is CN1CC(C(O)C2=CC(=O)CC2)C[C@@H]2c3cccc4[nH]c(Br)c(c34)C[C@H]21. The summed E-state index contributed by atoms with van der Waals surface area (Å²) >= 11 is 3.71. The molecule has 2 unspecified atom stereocenters. The van der Waals surface area contributed by atoms with E-state index >= 15 is 0 Å². The van der Waals surface area contributed by atoms with Gasteiger partial charge in [0, 0.05) is 41.7 Å². The second-order valence-corrected chi connectivity index (χ2v) is 8.92. The summed E-state index contributed by atoms with van der Waals surface area (Å²) in [5.41, 5.74) is 4.91. The number of benzene rings is 1. The van der Waals surface area contributed by atoms with Crippen LogP contribution in [0.1, 0.15) is 36.3 Å². The predicted molar refractivity (Wildman–Crippen MR) is 105 cm³/mol. The highest BCUT2D eigenvalue weighted by atomic mass is 79.9. The number of carbonyl (C=O) groups is 1. The van der Waals surface area contributed by atoms with Crippen molar-refractivity contribution in [1.29, 1.82) is 0 Å². The van der Waals surface area contributed by atoms with Gasteiger partial charge in [0.25, 0.3) is 0 Å². The smallest absolute Gasteiger partial charge is 0.156 e. The van der Waals surface area contributed by atoms with Gasteiger partial charge in [0.1, 0.15) is 0 Å². The number of rotatable bonds is 2. The number of fused-ring (bicyclic) bond motifs is 2. The largest absolute Gasteiger partial charge is 0.388 e. The molecule has 1 saturated heterocycles. The minimum Gasteiger partial charge on any atom is -0.388 e. The molecule has 0 amide bonds. The van der Waals surface area contributed by atoms with Crippen LogP contribution in [-0.4, -0.2) is 46.5 Å². The zero-order valence-corrected chi connectivity index (χ0v) is 16.4. The molecule has 0 radical (unpaired) electrons. The topological polar surface area (TPSA) is 56.3 Å². The van der Waals surface area contributed by atoms with Gasteiger partial charge >= 0.3 is 0 Å². The number of hydrogen-bond acceptors (Lipinski definition) is 3. The van der Waals surface area contributed by atoms with Gasteiger partial charge in [0.2, 0.25) is 0 Å². The molecular weight excluding hydrogens is 392 g/mol. The molecule has 136 valence electrons. The monoisotopic (exact) mass is 414 g/mol. The second-order valence-electron chi connectivity index (χ2n) is 8.13. The Labute approximate surface area is 161 Å². The Hall–Kier alpha value is -1.43. The number of aliphatic hydroxyl groups is 1. The van der Waals surface area contributed by atoms with Gasteiger partial charge in [-0.25, -0.2) is 0 Å². The van der Waals surface area contributed by atoms with Crippen LogP contribution in [0.15, 0.2) is 34.5 Å². The Balaban J connectivity index is 1.52. The molecule has 4 atom stereocenters. The zero-order chi connectivity index (χ0) is 18.0. The Bertz CT molecular complexity index is 931. The lowest BCUT2D eigenvalue weighted by Gasteiger charge is -2.47. The molecular formula is C21H23BrN2O2. The van der Waals surface area contributed by atoms with E-state index in [0.717, 1.165) is 36.0 Å². The Morgan fingerprint density at radius 3 is 2.96 bits per heavy atom. The number of nitrogens with one attached hydrogen (secondary N) is 1. The predicted octanol–water partition coefficient (Wildman–Crippen LogP) is 3.54. The minimum absolute atomic E-state index is 0.158. The maximum Gasteiger partial charge on any atom is 0.156 e. The molecule has 1 aliphatic heterocycles. The number of likely N-dealkylation sites (N-methyl/N-ethyl adjacent to an activating group) is 1. The lowest BCUT2D eigenvalue weighted by Crippen LogP contribution is -2.50. The molecule has 0 spiro atoms. The van der Waals surface area contributed by atoms with Crippen molar-refractivity contribution in [3.63, 3.8) is 0 Å². The molecule has 2 aromatic rings. The third kappa shape index (κ3) is 2.44. The number of likely N-dealkylation sites (tertiary alicyclic amines) is 1. The highest BCUT2D eigenvalue weighted by Gasteiger charge is 2.42. The summed E-state index contributed by atoms with van der Waals surface area (Å²) in [6.07, 6.45) is 4.47. The van der Waals surface area contributed by atoms with Crippen LogP contribution in [-0.2, 0) is 11.2 Å². The van der Waals surface area contributed by atoms with Crippen molar-refractivity contribution in [2.45, 2.75) is 43.7 Å². The second kappa shape index (κ2) is 6.04. The normalized spacial score (nSPS) is 29.7. The fraction of sp³-hybridized carbons (Fsp3) is 0.476. The molecule has 1 aromatic carbocycles. The van der Waals surface area contributed by atoms with Crippen LogP contribution < -0.4 is 0 Å². The van der Waals surface area contributed by atoms with Crippen LogP contribution in [0.4, 0.5) is 0 Å². The van der Waals surface area contributed by atoms with Gasteiger partial charge < -0.3 is 15.0 Å². The molecule has 2 aliphatic carbocycles. The van der Waals surface area contributed by atoms with E-state index in [1.54, 1.807) is 6.08 Å². The Kier molecular flexibility index (Phi) is 3.89. The molecule has 5 heteroatoms. The van der Waals surface area contributed by atoms with Crippen molar-refractivity contribution < 1.29 is 9.90 Å². The molecule has 0 saturated carbocycles. The summed E-state index contributed by atoms with van der Waals surface area (Å²) in [6.45, 7) is 0.876. The maximum absolute atomic E-state index is 11.6. The highest BCUT2D eigenvalue weighted by Crippen LogP contribution is 2.47. The number of allylic oxidation sites excluding steroid dienone is 1. The van der Waals surface area contributed by atoms with E-state index in [1.165, 1.54) is 22.0 Å². The van der Waals surface area contributed by atoms with E-state index < -0.39 is 6.10 Å². The van der Waals surface area contributed by atoms with Gasteiger partial charge in [-0.15, -0.1) is 0 Å². The number of ketones is 1. The van der Waals surface area contributed by atoms with Crippen molar-refractivity contribution in [2.75, 3.05) is 13.6 Å². The van der Waals surface area contributed by atoms with Gasteiger partial charge in [-0.3, -0.25) is 4.79 Å². The first kappa shape index (κ1) is 16.7. The number of aromatic nitrogens is 1. The van der Waals surface area contributed by atoms with Crippen LogP contribution in [0.2, 0.25) is 0 Å². The van der Waals surface area contributed by atoms with Crippen molar-refractivity contribution in [3.8, 4) is 0 Å². The highest BCUT2D eigenvalue weighted by molar-refractivity contribution is 9.10. The number of aromatic amines is 1. The summed E-state index contributed by atoms with van der Waals surface area (Å²) in [5.74, 6) is 0.757. The molecule has 4 nitrogen and oxygen atoms in total. The average Bonchev–Trinajstić information content (AvgIpc) is 3.20. The van der Waals surface area contributed by atoms with Gasteiger partial charge in [-0.1, -0.05) is 12.1 Å². The number of halogens is 1. The molecule has 26 heavy (non-hydrogen) atoms. The van der Waals surface area contributed by atoms with E-state index in [2.05, 4.69) is 51.1 Å². The fourth-order valence-corrected chi connectivity index (χ4v) is 5.98. The van der Waals surface area contributed by atoms with Gasteiger partial charge in [0.15, 0.2) is 5.78 Å². The number of carbonyl (C=O) groups excluding carboxylic acids is 1. The first-order chi connectivity index (χ1) is 12.5. The van der Waals surface area contributed by atoms with Crippen molar-refractivity contribution in [2.24, 2.45) is 5.92 Å². The third-order valence-electron chi connectivity index (χ3n) is 6.66. The van der Waals surface area contributed by atoms with E-state index in [1.807, 2.05) is 0 Å². The van der Waals surface area contributed by atoms with Crippen LogP contribution in [0.5, 0.6) is 0 Å². The molecule has 5 rings (SSSR count). The lowest BCUT2D eigenvalue weighted by molar-refractivity contribution is -0.114. The summed E-state index contributed by atoms with van der Waals surface area (Å²) < 4.78 is 1.10. The molecule has 1 fully saturated rings. The standard InChI is InChI=1S/C21H23BrN2O2/c1-24-10-12(20(26)11-5-6-13(25)7-11)8-15-14-3-2-4-17-19(14)16(9-18(15)24)21(22)23-17/h2-4,7,12,15,18,20,23,26H,5-6,8-10H2,1H3/t12?,15-,18-,20?/m1/s1. The van der Waals surface area contributed by atoms with E-state index in [-0.39, 0.29) is 11.7 Å². The number of H-pyrrole nitrogens is 1. The van der Waals surface area contributed by atoms with Crippen molar-refractivity contribution in [3.05, 3.63) is 45.6 Å². The van der Waals surface area contributed by atoms with Gasteiger partial charge in [0.05, 0.1) is 10.7 Å². The van der Waals surface area contributed by atoms with E-state index in [4.69, 9.17) is 0 Å². The Morgan fingerprint density at radius 1 is 1.35 bits per heavy atom. The van der Waals surface area contributed by atoms with Gasteiger partial charge in [-0.05, 0) is 71.1 Å². The molecule has 0 bridgehead atoms. The van der Waals surface area contributed by atoms with E-state index in [9.17, 15) is 9.90 Å². The van der Waals surface area contributed by atoms with Crippen molar-refractivity contribution >= 4 is 32.6 Å². The first-order valence-electron chi connectivity index (χ1n) is 9.43. The van der Waals surface area contributed by atoms with Gasteiger partial charge in [-0.2, -0.15) is 0 Å². The summed E-state index contributed by atoms with van der Waals surface area (Å²) in [4.78, 5) is 17.5. The summed E-state index contributed by atoms with van der Waals surface area (Å²) in [5, 5.41) is 12.3. The minimum atomic E-state index is -0.497. The maximum atomic E-state index is 11.6. The average molecular weight is 415 g/mol. The summed E-state index contributed by atoms with van der Waals surface area (Å²) in [6, 6.07) is 6.98. The van der Waals surface area contributed by atoms with Crippen LogP contribution in [0, 0.1) is 5.92 Å². The van der Waals surface area contributed by atoms with Crippen molar-refractivity contribution in [1.82, 2.24) is 9.88 Å². The van der Waals surface area contributed by atoms with E-state index in [0.29, 0.717) is 18.4 Å².